The van der Waals surface area contributed by atoms with Crippen LogP contribution >= 0.6 is 0 Å². The predicted molar refractivity (Wildman–Crippen MR) is 80.4 cm³/mol. The predicted octanol–water partition coefficient (Wildman–Crippen LogP) is 3.53. The number of ether oxygens (including phenoxy) is 1. The average molecular weight is 349 g/mol. The van der Waals surface area contributed by atoms with E-state index in [1.54, 1.807) is 12.1 Å². The van der Waals surface area contributed by atoms with Crippen molar-refractivity contribution in [3.05, 3.63) is 60.4 Å². The van der Waals surface area contributed by atoms with E-state index >= 15 is 0 Å². The van der Waals surface area contributed by atoms with Crippen LogP contribution in [0.3, 0.4) is 0 Å². The Balaban J connectivity index is 1.84. The number of halogens is 3. The fraction of sp³-hybridized carbons (Fsp3) is 0.0625. The van der Waals surface area contributed by atoms with E-state index in [2.05, 4.69) is 14.8 Å². The van der Waals surface area contributed by atoms with Gasteiger partial charge in [-0.3, -0.25) is 0 Å². The minimum absolute atomic E-state index is 0.0995. The third-order valence-corrected chi connectivity index (χ3v) is 3.19. The van der Waals surface area contributed by atoms with E-state index in [1.807, 2.05) is 0 Å². The number of aromatic nitrogens is 3. The minimum Gasteiger partial charge on any atom is -0.478 e. The van der Waals surface area contributed by atoms with Gasteiger partial charge in [-0.2, -0.15) is 0 Å². The maximum atomic E-state index is 12.2. The summed E-state index contributed by atoms with van der Waals surface area (Å²) in [5.41, 5.74) is 1.08. The highest BCUT2D eigenvalue weighted by Crippen LogP contribution is 2.24. The highest BCUT2D eigenvalue weighted by molar-refractivity contribution is 5.89. The van der Waals surface area contributed by atoms with Crippen LogP contribution < -0.4 is 4.74 Å². The SMILES string of the molecule is O=C(O)c1cccc(-c2ncn(-c3ccc(OC(F)(F)F)cc3)n2)c1. The summed E-state index contributed by atoms with van der Waals surface area (Å²) in [6.07, 6.45) is -3.38. The number of nitrogens with zero attached hydrogens (tertiary/aromatic N) is 3. The molecule has 0 fully saturated rings. The van der Waals surface area contributed by atoms with Crippen LogP contribution in [0.5, 0.6) is 5.75 Å². The molecule has 0 saturated heterocycles. The van der Waals surface area contributed by atoms with Crippen molar-refractivity contribution in [2.45, 2.75) is 6.36 Å². The van der Waals surface area contributed by atoms with Crippen LogP contribution in [0, 0.1) is 0 Å². The van der Waals surface area contributed by atoms with Gasteiger partial charge >= 0.3 is 12.3 Å². The molecule has 0 aliphatic heterocycles. The van der Waals surface area contributed by atoms with E-state index in [1.165, 1.54) is 35.3 Å². The van der Waals surface area contributed by atoms with Crippen molar-refractivity contribution in [2.75, 3.05) is 0 Å². The Morgan fingerprint density at radius 2 is 1.84 bits per heavy atom. The minimum atomic E-state index is -4.75. The summed E-state index contributed by atoms with van der Waals surface area (Å²) >= 11 is 0. The summed E-state index contributed by atoms with van der Waals surface area (Å²) in [6, 6.07) is 11.2. The van der Waals surface area contributed by atoms with Crippen LogP contribution in [-0.4, -0.2) is 32.2 Å². The van der Waals surface area contributed by atoms with E-state index in [-0.39, 0.29) is 11.3 Å². The monoisotopic (exact) mass is 349 g/mol. The maximum Gasteiger partial charge on any atom is 0.573 e. The second kappa shape index (κ2) is 6.27. The Morgan fingerprint density at radius 1 is 1.12 bits per heavy atom. The van der Waals surface area contributed by atoms with Gasteiger partial charge in [0.05, 0.1) is 11.3 Å². The Hall–Kier alpha value is -3.36. The van der Waals surface area contributed by atoms with Crippen molar-refractivity contribution >= 4 is 5.97 Å². The van der Waals surface area contributed by atoms with Gasteiger partial charge in [-0.15, -0.1) is 18.3 Å². The van der Waals surface area contributed by atoms with Crippen LogP contribution in [0.15, 0.2) is 54.9 Å². The Morgan fingerprint density at radius 3 is 2.48 bits per heavy atom. The van der Waals surface area contributed by atoms with Crippen molar-refractivity contribution in [3.8, 4) is 22.8 Å². The van der Waals surface area contributed by atoms with Crippen molar-refractivity contribution < 1.29 is 27.8 Å². The van der Waals surface area contributed by atoms with E-state index in [0.29, 0.717) is 17.1 Å². The molecule has 1 N–H and O–H groups in total. The molecular formula is C16H10F3N3O3. The molecule has 128 valence electrons. The van der Waals surface area contributed by atoms with Gasteiger partial charge in [-0.05, 0) is 36.4 Å². The topological polar surface area (TPSA) is 77.2 Å². The van der Waals surface area contributed by atoms with Gasteiger partial charge in [-0.1, -0.05) is 12.1 Å². The summed E-state index contributed by atoms with van der Waals surface area (Å²) in [6.45, 7) is 0. The number of aromatic carboxylic acids is 1. The Labute approximate surface area is 139 Å². The molecule has 0 unspecified atom stereocenters. The second-order valence-corrected chi connectivity index (χ2v) is 4.94. The third-order valence-electron chi connectivity index (χ3n) is 3.19. The summed E-state index contributed by atoms with van der Waals surface area (Å²) in [4.78, 5) is 15.1. The van der Waals surface area contributed by atoms with Crippen LogP contribution in [0.25, 0.3) is 17.1 Å². The number of carboxylic acids is 1. The van der Waals surface area contributed by atoms with Crippen molar-refractivity contribution in [2.24, 2.45) is 0 Å². The smallest absolute Gasteiger partial charge is 0.478 e. The lowest BCUT2D eigenvalue weighted by Gasteiger charge is -2.09. The molecule has 0 spiro atoms. The molecule has 1 aromatic heterocycles. The van der Waals surface area contributed by atoms with Gasteiger partial charge in [0.15, 0.2) is 5.82 Å². The third kappa shape index (κ3) is 3.94. The van der Waals surface area contributed by atoms with Crippen LogP contribution in [0.4, 0.5) is 13.2 Å². The van der Waals surface area contributed by atoms with E-state index in [0.717, 1.165) is 12.1 Å². The molecule has 3 aromatic rings. The fourth-order valence-corrected chi connectivity index (χ4v) is 2.11. The van der Waals surface area contributed by atoms with Crippen LogP contribution in [0.1, 0.15) is 10.4 Å². The van der Waals surface area contributed by atoms with Gasteiger partial charge in [-0.25, -0.2) is 14.5 Å². The van der Waals surface area contributed by atoms with E-state index in [9.17, 15) is 18.0 Å². The standard InChI is InChI=1S/C16H10F3N3O3/c17-16(18,19)25-13-6-4-12(5-7-13)22-9-20-14(21-22)10-2-1-3-11(8-10)15(23)24/h1-9H,(H,23,24). The van der Waals surface area contributed by atoms with Crippen molar-refractivity contribution in [1.82, 2.24) is 14.8 Å². The number of hydrogen-bond acceptors (Lipinski definition) is 4. The molecule has 0 amide bonds. The molecular weight excluding hydrogens is 339 g/mol. The molecule has 3 rings (SSSR count). The number of benzene rings is 2. The zero-order valence-electron chi connectivity index (χ0n) is 12.4. The number of hydrogen-bond donors (Lipinski definition) is 1. The van der Waals surface area contributed by atoms with Crippen molar-refractivity contribution in [3.63, 3.8) is 0 Å². The zero-order chi connectivity index (χ0) is 18.0. The quantitative estimate of drug-likeness (QED) is 0.780. The first kappa shape index (κ1) is 16.5. The van der Waals surface area contributed by atoms with Gasteiger partial charge in [0, 0.05) is 5.56 Å². The molecule has 1 heterocycles. The second-order valence-electron chi connectivity index (χ2n) is 4.94. The van der Waals surface area contributed by atoms with Gasteiger partial charge < -0.3 is 9.84 Å². The Bertz CT molecular complexity index is 905. The lowest BCUT2D eigenvalue weighted by Crippen LogP contribution is -2.17. The highest BCUT2D eigenvalue weighted by atomic mass is 19.4. The number of carboxylic acid groups (broad SMARTS) is 1. The van der Waals surface area contributed by atoms with E-state index < -0.39 is 12.3 Å². The summed E-state index contributed by atoms with van der Waals surface area (Å²) in [5, 5.41) is 13.2. The number of carbonyl (C=O) groups is 1. The molecule has 0 aliphatic rings. The molecule has 0 saturated carbocycles. The first-order valence-electron chi connectivity index (χ1n) is 6.93. The first-order valence-corrected chi connectivity index (χ1v) is 6.93. The molecule has 0 bridgehead atoms. The normalized spacial score (nSPS) is 11.3. The molecule has 2 aromatic carbocycles. The summed E-state index contributed by atoms with van der Waals surface area (Å²) in [5.74, 6) is -1.12. The van der Waals surface area contributed by atoms with Gasteiger partial charge in [0.25, 0.3) is 0 Å². The fourth-order valence-electron chi connectivity index (χ4n) is 2.11. The van der Waals surface area contributed by atoms with Crippen LogP contribution in [-0.2, 0) is 0 Å². The molecule has 6 nitrogen and oxygen atoms in total. The van der Waals surface area contributed by atoms with E-state index in [4.69, 9.17) is 5.11 Å². The molecule has 25 heavy (non-hydrogen) atoms. The molecule has 0 atom stereocenters. The summed E-state index contributed by atoms with van der Waals surface area (Å²) in [7, 11) is 0. The Kier molecular flexibility index (Phi) is 4.14. The van der Waals surface area contributed by atoms with Gasteiger partial charge in [0.2, 0.25) is 0 Å². The number of rotatable bonds is 4. The van der Waals surface area contributed by atoms with Crippen LogP contribution in [0.2, 0.25) is 0 Å². The lowest BCUT2D eigenvalue weighted by molar-refractivity contribution is -0.274. The molecule has 9 heteroatoms. The maximum absolute atomic E-state index is 12.2. The average Bonchev–Trinajstić information content (AvgIpc) is 3.04. The van der Waals surface area contributed by atoms with Gasteiger partial charge in [0.1, 0.15) is 12.1 Å². The van der Waals surface area contributed by atoms with Crippen molar-refractivity contribution in [1.29, 1.82) is 0 Å². The highest BCUT2D eigenvalue weighted by Gasteiger charge is 2.30. The zero-order valence-corrected chi connectivity index (χ0v) is 12.4. The first-order chi connectivity index (χ1) is 11.8. The molecule has 0 aliphatic carbocycles. The lowest BCUT2D eigenvalue weighted by atomic mass is 10.1. The molecule has 0 radical (unpaired) electrons. The largest absolute Gasteiger partial charge is 0.573 e. The number of alkyl halides is 3. The summed E-state index contributed by atoms with van der Waals surface area (Å²) < 4.78 is 41.6.